The summed E-state index contributed by atoms with van der Waals surface area (Å²) in [6.45, 7) is 0.857. The summed E-state index contributed by atoms with van der Waals surface area (Å²) in [5.41, 5.74) is 2.47. The Morgan fingerprint density at radius 1 is 1.18 bits per heavy atom. The summed E-state index contributed by atoms with van der Waals surface area (Å²) in [5.74, 6) is 1.74. The molecule has 2 N–H and O–H groups in total. The summed E-state index contributed by atoms with van der Waals surface area (Å²) in [4.78, 5) is 24.7. The van der Waals surface area contributed by atoms with Crippen LogP contribution in [0.15, 0.2) is 0 Å². The number of rotatable bonds is 7. The largest absolute Gasteiger partial charge is 0.465 e. The van der Waals surface area contributed by atoms with Gasteiger partial charge >= 0.3 is 6.09 Å². The molecule has 1 aromatic heterocycles. The predicted octanol–water partition coefficient (Wildman–Crippen LogP) is 2.77. The molecule has 0 saturated heterocycles. The molecule has 1 saturated carbocycles. The minimum absolute atomic E-state index is 0.0625. The highest BCUT2D eigenvalue weighted by Crippen LogP contribution is 2.30. The smallest absolute Gasteiger partial charge is 0.407 e. The van der Waals surface area contributed by atoms with Gasteiger partial charge in [-0.2, -0.15) is 4.98 Å². The Morgan fingerprint density at radius 2 is 1.89 bits per heavy atom. The van der Waals surface area contributed by atoms with E-state index < -0.39 is 6.09 Å². The van der Waals surface area contributed by atoms with Crippen molar-refractivity contribution in [3.8, 4) is 0 Å². The molecule has 3 rings (SSSR count). The fraction of sp³-hybridized carbons (Fsp3) is 0.750. The molecule has 2 aliphatic carbocycles. The molecule has 0 aromatic carbocycles. The van der Waals surface area contributed by atoms with Gasteiger partial charge in [-0.15, -0.1) is 0 Å². The van der Waals surface area contributed by atoms with E-state index in [4.69, 9.17) is 14.7 Å². The number of amides is 1. The summed E-state index contributed by atoms with van der Waals surface area (Å²) in [6, 6.07) is 0.346. The van der Waals surface area contributed by atoms with Gasteiger partial charge in [0, 0.05) is 45.4 Å². The van der Waals surface area contributed by atoms with Crippen molar-refractivity contribution in [1.29, 1.82) is 0 Å². The standard InChI is InChI=1S/C20H33N5O3/c1-24(2)18-16-6-4-5-7-17(16)22-19(23-18)21-14-8-10-15(11-9-14)25(20(26)27)12-13-28-3/h14-15H,4-13H2,1-3H3,(H,26,27)(H,21,22,23). The maximum Gasteiger partial charge on any atom is 0.407 e. The Bertz CT molecular complexity index is 674. The minimum Gasteiger partial charge on any atom is -0.465 e. The van der Waals surface area contributed by atoms with Crippen LogP contribution in [0.25, 0.3) is 0 Å². The lowest BCUT2D eigenvalue weighted by atomic mass is 9.90. The van der Waals surface area contributed by atoms with Crippen molar-refractivity contribution < 1.29 is 14.6 Å². The van der Waals surface area contributed by atoms with E-state index in [2.05, 4.69) is 10.2 Å². The second-order valence-corrected chi connectivity index (χ2v) is 8.02. The fourth-order valence-electron chi connectivity index (χ4n) is 4.35. The normalized spacial score (nSPS) is 21.7. The van der Waals surface area contributed by atoms with Gasteiger partial charge in [-0.1, -0.05) is 0 Å². The monoisotopic (exact) mass is 391 g/mol. The quantitative estimate of drug-likeness (QED) is 0.738. The molecule has 0 aliphatic heterocycles. The first kappa shape index (κ1) is 20.6. The number of hydrogen-bond acceptors (Lipinski definition) is 6. The number of nitrogens with zero attached hydrogens (tertiary/aromatic N) is 4. The maximum atomic E-state index is 11.5. The van der Waals surface area contributed by atoms with E-state index in [9.17, 15) is 9.90 Å². The molecule has 28 heavy (non-hydrogen) atoms. The van der Waals surface area contributed by atoms with E-state index in [-0.39, 0.29) is 12.1 Å². The van der Waals surface area contributed by atoms with Gasteiger partial charge in [-0.25, -0.2) is 9.78 Å². The van der Waals surface area contributed by atoms with E-state index in [0.29, 0.717) is 19.1 Å². The summed E-state index contributed by atoms with van der Waals surface area (Å²) in [7, 11) is 5.67. The Labute approximate surface area is 167 Å². The van der Waals surface area contributed by atoms with Crippen molar-refractivity contribution in [3.63, 3.8) is 0 Å². The van der Waals surface area contributed by atoms with Crippen molar-refractivity contribution in [2.75, 3.05) is 44.6 Å². The number of fused-ring (bicyclic) bond motifs is 1. The van der Waals surface area contributed by atoms with E-state index in [1.807, 2.05) is 14.1 Å². The van der Waals surface area contributed by atoms with Gasteiger partial charge in [0.15, 0.2) is 0 Å². The van der Waals surface area contributed by atoms with E-state index in [1.165, 1.54) is 29.0 Å². The SMILES string of the molecule is COCCN(C(=O)O)C1CCC(Nc2nc3c(c(N(C)C)n2)CCCC3)CC1. The third-order valence-electron chi connectivity index (χ3n) is 5.84. The Kier molecular flexibility index (Phi) is 6.93. The lowest BCUT2D eigenvalue weighted by Gasteiger charge is -2.35. The molecule has 156 valence electrons. The molecule has 1 amide bonds. The average molecular weight is 392 g/mol. The zero-order valence-electron chi connectivity index (χ0n) is 17.3. The molecule has 0 unspecified atom stereocenters. The Morgan fingerprint density at radius 3 is 2.54 bits per heavy atom. The summed E-state index contributed by atoms with van der Waals surface area (Å²) >= 11 is 0. The van der Waals surface area contributed by atoms with Crippen molar-refractivity contribution >= 4 is 17.9 Å². The Balaban J connectivity index is 1.63. The number of anilines is 2. The number of methoxy groups -OCH3 is 1. The van der Waals surface area contributed by atoms with Crippen molar-refractivity contribution in [2.45, 2.75) is 63.5 Å². The molecule has 2 aliphatic rings. The number of aryl methyl sites for hydroxylation is 1. The zero-order chi connectivity index (χ0) is 20.1. The zero-order valence-corrected chi connectivity index (χ0v) is 17.3. The van der Waals surface area contributed by atoms with Gasteiger partial charge < -0.3 is 25.0 Å². The summed E-state index contributed by atoms with van der Waals surface area (Å²) in [5, 5.41) is 13.0. The van der Waals surface area contributed by atoms with Crippen LogP contribution in [0, 0.1) is 0 Å². The number of carboxylic acid groups (broad SMARTS) is 1. The highest BCUT2D eigenvalue weighted by molar-refractivity contribution is 5.65. The van der Waals surface area contributed by atoms with Crippen LogP contribution in [-0.4, -0.2) is 72.5 Å². The number of aromatic nitrogens is 2. The summed E-state index contributed by atoms with van der Waals surface area (Å²) in [6.07, 6.45) is 7.14. The fourth-order valence-corrected chi connectivity index (χ4v) is 4.35. The number of hydrogen-bond donors (Lipinski definition) is 2. The van der Waals surface area contributed by atoms with Crippen LogP contribution >= 0.6 is 0 Å². The molecule has 0 radical (unpaired) electrons. The van der Waals surface area contributed by atoms with Crippen molar-refractivity contribution in [1.82, 2.24) is 14.9 Å². The van der Waals surface area contributed by atoms with Crippen LogP contribution < -0.4 is 10.2 Å². The third-order valence-corrected chi connectivity index (χ3v) is 5.84. The second-order valence-electron chi connectivity index (χ2n) is 8.02. The summed E-state index contributed by atoms with van der Waals surface area (Å²) < 4.78 is 5.05. The lowest BCUT2D eigenvalue weighted by Crippen LogP contribution is -2.45. The lowest BCUT2D eigenvalue weighted by molar-refractivity contribution is 0.0854. The van der Waals surface area contributed by atoms with E-state index in [1.54, 1.807) is 7.11 Å². The number of nitrogens with one attached hydrogen (secondary N) is 1. The average Bonchev–Trinajstić information content (AvgIpc) is 2.68. The van der Waals surface area contributed by atoms with E-state index in [0.717, 1.165) is 44.3 Å². The van der Waals surface area contributed by atoms with E-state index >= 15 is 0 Å². The van der Waals surface area contributed by atoms with Gasteiger partial charge in [-0.05, 0) is 51.4 Å². The minimum atomic E-state index is -0.859. The topological polar surface area (TPSA) is 90.8 Å². The van der Waals surface area contributed by atoms with Crippen LogP contribution in [0.1, 0.15) is 49.8 Å². The number of carbonyl (C=O) groups is 1. The van der Waals surface area contributed by atoms with Crippen LogP contribution in [0.2, 0.25) is 0 Å². The maximum absolute atomic E-state index is 11.5. The molecular formula is C20H33N5O3. The molecule has 0 bridgehead atoms. The van der Waals surface area contributed by atoms with Gasteiger partial charge in [0.25, 0.3) is 0 Å². The molecule has 1 fully saturated rings. The predicted molar refractivity (Wildman–Crippen MR) is 109 cm³/mol. The molecule has 1 heterocycles. The van der Waals surface area contributed by atoms with Crippen molar-refractivity contribution in [2.24, 2.45) is 0 Å². The van der Waals surface area contributed by atoms with Crippen LogP contribution in [-0.2, 0) is 17.6 Å². The first-order chi connectivity index (χ1) is 13.5. The molecular weight excluding hydrogens is 358 g/mol. The second kappa shape index (κ2) is 9.41. The number of ether oxygens (including phenoxy) is 1. The molecule has 8 nitrogen and oxygen atoms in total. The van der Waals surface area contributed by atoms with Gasteiger partial charge in [0.2, 0.25) is 5.95 Å². The Hall–Kier alpha value is -2.09. The molecule has 8 heteroatoms. The van der Waals surface area contributed by atoms with Crippen molar-refractivity contribution in [3.05, 3.63) is 11.3 Å². The van der Waals surface area contributed by atoms with Crippen LogP contribution in [0.4, 0.5) is 16.6 Å². The van der Waals surface area contributed by atoms with Crippen LogP contribution in [0.3, 0.4) is 0 Å². The molecule has 0 spiro atoms. The highest BCUT2D eigenvalue weighted by Gasteiger charge is 2.29. The first-order valence-corrected chi connectivity index (χ1v) is 10.3. The van der Waals surface area contributed by atoms with Crippen LogP contribution in [0.5, 0.6) is 0 Å². The third kappa shape index (κ3) is 4.84. The molecule has 1 aromatic rings. The van der Waals surface area contributed by atoms with Gasteiger partial charge in [0.1, 0.15) is 5.82 Å². The van der Waals surface area contributed by atoms with Gasteiger partial charge in [-0.3, -0.25) is 0 Å². The first-order valence-electron chi connectivity index (χ1n) is 10.3. The highest BCUT2D eigenvalue weighted by atomic mass is 16.5. The van der Waals surface area contributed by atoms with Gasteiger partial charge in [0.05, 0.1) is 12.3 Å². The molecule has 0 atom stereocenters.